The molecule has 8 nitrogen and oxygen atoms in total. The second-order valence-electron chi connectivity index (χ2n) is 6.58. The highest BCUT2D eigenvalue weighted by Gasteiger charge is 2.19. The fraction of sp³-hybridized carbons (Fsp3) is 0.368. The molecule has 0 aliphatic carbocycles. The van der Waals surface area contributed by atoms with Crippen LogP contribution < -0.4 is 10.1 Å². The van der Waals surface area contributed by atoms with Gasteiger partial charge in [-0.05, 0) is 36.2 Å². The number of piperidine rings is 1. The van der Waals surface area contributed by atoms with E-state index in [1.54, 1.807) is 6.07 Å². The Balaban J connectivity index is 1.59. The fourth-order valence-electron chi connectivity index (χ4n) is 2.92. The van der Waals surface area contributed by atoms with Gasteiger partial charge in [-0.15, -0.1) is 4.91 Å². The number of benzene rings is 1. The molecule has 0 saturated carbocycles. The molecule has 1 aliphatic heterocycles. The SMILES string of the molecule is O=Nc1ccc(Oc2ccncc2CNC(=O)CN2CCC(O)CC2)c(F)c1. The molecule has 2 N–H and O–H groups in total. The second-order valence-corrected chi connectivity index (χ2v) is 6.58. The number of hydrogen-bond donors (Lipinski definition) is 2. The van der Waals surface area contributed by atoms with Crippen molar-refractivity contribution in [2.45, 2.75) is 25.5 Å². The summed E-state index contributed by atoms with van der Waals surface area (Å²) in [5.41, 5.74) is 0.555. The number of rotatable bonds is 7. The number of nitrogens with zero attached hydrogens (tertiary/aromatic N) is 3. The van der Waals surface area contributed by atoms with Gasteiger partial charge in [0, 0.05) is 43.7 Å². The van der Waals surface area contributed by atoms with E-state index in [1.807, 2.05) is 4.90 Å². The monoisotopic (exact) mass is 388 g/mol. The van der Waals surface area contributed by atoms with Crippen LogP contribution in [0.5, 0.6) is 11.5 Å². The number of aliphatic hydroxyl groups is 1. The average molecular weight is 388 g/mol. The fourth-order valence-corrected chi connectivity index (χ4v) is 2.92. The van der Waals surface area contributed by atoms with Crippen LogP contribution in [-0.4, -0.2) is 46.6 Å². The average Bonchev–Trinajstić information content (AvgIpc) is 2.70. The van der Waals surface area contributed by atoms with Crippen LogP contribution in [0.3, 0.4) is 0 Å². The topological polar surface area (TPSA) is 104 Å². The molecule has 148 valence electrons. The summed E-state index contributed by atoms with van der Waals surface area (Å²) in [7, 11) is 0. The number of carbonyl (C=O) groups is 1. The number of likely N-dealkylation sites (tertiary alicyclic amines) is 1. The minimum absolute atomic E-state index is 0.0303. The maximum Gasteiger partial charge on any atom is 0.234 e. The van der Waals surface area contributed by atoms with Crippen LogP contribution in [0.25, 0.3) is 0 Å². The minimum Gasteiger partial charge on any atom is -0.454 e. The van der Waals surface area contributed by atoms with Crippen LogP contribution in [0.15, 0.2) is 41.8 Å². The van der Waals surface area contributed by atoms with E-state index in [1.165, 1.54) is 24.5 Å². The molecule has 0 atom stereocenters. The number of nitroso groups, excluding NO2 is 1. The van der Waals surface area contributed by atoms with E-state index in [4.69, 9.17) is 4.74 Å². The lowest BCUT2D eigenvalue weighted by Gasteiger charge is -2.28. The van der Waals surface area contributed by atoms with E-state index < -0.39 is 5.82 Å². The zero-order chi connectivity index (χ0) is 19.9. The smallest absolute Gasteiger partial charge is 0.234 e. The van der Waals surface area contributed by atoms with E-state index in [2.05, 4.69) is 15.5 Å². The molecular weight excluding hydrogens is 367 g/mol. The Labute approximate surface area is 161 Å². The summed E-state index contributed by atoms with van der Waals surface area (Å²) in [5, 5.41) is 15.0. The van der Waals surface area contributed by atoms with Crippen molar-refractivity contribution in [2.75, 3.05) is 19.6 Å². The Morgan fingerprint density at radius 1 is 1.32 bits per heavy atom. The van der Waals surface area contributed by atoms with Gasteiger partial charge in [0.25, 0.3) is 0 Å². The number of ether oxygens (including phenoxy) is 1. The van der Waals surface area contributed by atoms with E-state index in [9.17, 15) is 19.2 Å². The summed E-state index contributed by atoms with van der Waals surface area (Å²) >= 11 is 0. The number of amides is 1. The first-order valence-corrected chi connectivity index (χ1v) is 8.96. The molecule has 2 heterocycles. The van der Waals surface area contributed by atoms with Crippen LogP contribution in [0, 0.1) is 10.7 Å². The van der Waals surface area contributed by atoms with Crippen LogP contribution in [0.1, 0.15) is 18.4 Å². The van der Waals surface area contributed by atoms with Gasteiger partial charge < -0.3 is 15.2 Å². The summed E-state index contributed by atoms with van der Waals surface area (Å²) in [6, 6.07) is 5.22. The molecule has 0 radical (unpaired) electrons. The van der Waals surface area contributed by atoms with Gasteiger partial charge in [0.15, 0.2) is 11.6 Å². The highest BCUT2D eigenvalue weighted by Crippen LogP contribution is 2.29. The molecule has 0 bridgehead atoms. The molecule has 0 unspecified atom stereocenters. The van der Waals surface area contributed by atoms with Gasteiger partial charge in [0.05, 0.1) is 12.6 Å². The predicted octanol–water partition coefficient (Wildman–Crippen LogP) is 2.48. The van der Waals surface area contributed by atoms with E-state index in [0.717, 1.165) is 6.07 Å². The molecular formula is C19H21FN4O4. The van der Waals surface area contributed by atoms with Crippen LogP contribution in [0.4, 0.5) is 10.1 Å². The number of aromatic nitrogens is 1. The Morgan fingerprint density at radius 3 is 2.82 bits per heavy atom. The minimum atomic E-state index is -0.712. The lowest BCUT2D eigenvalue weighted by molar-refractivity contribution is -0.123. The first-order chi connectivity index (χ1) is 13.5. The third-order valence-electron chi connectivity index (χ3n) is 4.50. The van der Waals surface area contributed by atoms with Crippen molar-refractivity contribution in [3.05, 3.63) is 52.9 Å². The normalized spacial score (nSPS) is 15.2. The van der Waals surface area contributed by atoms with E-state index in [0.29, 0.717) is 37.2 Å². The van der Waals surface area contributed by atoms with E-state index >= 15 is 0 Å². The van der Waals surface area contributed by atoms with Gasteiger partial charge in [-0.3, -0.25) is 14.7 Å². The molecule has 3 rings (SSSR count). The molecule has 1 aromatic carbocycles. The summed E-state index contributed by atoms with van der Waals surface area (Å²) in [6.45, 7) is 1.79. The Bertz CT molecular complexity index is 840. The third kappa shape index (κ3) is 5.30. The number of hydrogen-bond acceptors (Lipinski definition) is 7. The van der Waals surface area contributed by atoms with Crippen molar-refractivity contribution >= 4 is 11.6 Å². The van der Waals surface area contributed by atoms with Crippen molar-refractivity contribution in [2.24, 2.45) is 5.18 Å². The predicted molar refractivity (Wildman–Crippen MR) is 99.7 cm³/mol. The highest BCUT2D eigenvalue weighted by atomic mass is 19.1. The molecule has 1 amide bonds. The van der Waals surface area contributed by atoms with E-state index in [-0.39, 0.29) is 36.5 Å². The first kappa shape index (κ1) is 19.8. The number of carbonyl (C=O) groups excluding carboxylic acids is 1. The summed E-state index contributed by atoms with van der Waals surface area (Å²) < 4.78 is 19.6. The molecule has 2 aromatic rings. The maximum absolute atomic E-state index is 14.0. The first-order valence-electron chi connectivity index (χ1n) is 8.96. The molecule has 28 heavy (non-hydrogen) atoms. The maximum atomic E-state index is 14.0. The van der Waals surface area contributed by atoms with Gasteiger partial charge in [0.1, 0.15) is 11.4 Å². The van der Waals surface area contributed by atoms with Crippen molar-refractivity contribution in [1.82, 2.24) is 15.2 Å². The molecule has 1 saturated heterocycles. The summed E-state index contributed by atoms with van der Waals surface area (Å²) in [4.78, 5) is 28.7. The molecule has 0 spiro atoms. The van der Waals surface area contributed by atoms with Crippen molar-refractivity contribution in [3.8, 4) is 11.5 Å². The Morgan fingerprint density at radius 2 is 2.11 bits per heavy atom. The summed E-state index contributed by atoms with van der Waals surface area (Å²) in [5.74, 6) is -0.574. The zero-order valence-corrected chi connectivity index (χ0v) is 15.2. The van der Waals surface area contributed by atoms with Gasteiger partial charge >= 0.3 is 0 Å². The number of pyridine rings is 1. The van der Waals surface area contributed by atoms with Crippen molar-refractivity contribution in [3.63, 3.8) is 0 Å². The van der Waals surface area contributed by atoms with Gasteiger partial charge in [-0.25, -0.2) is 4.39 Å². The highest BCUT2D eigenvalue weighted by molar-refractivity contribution is 5.78. The lowest BCUT2D eigenvalue weighted by Crippen LogP contribution is -2.42. The van der Waals surface area contributed by atoms with Gasteiger partial charge in [0.2, 0.25) is 5.91 Å². The second kappa shape index (κ2) is 9.34. The number of halogens is 1. The van der Waals surface area contributed by atoms with Crippen LogP contribution in [0.2, 0.25) is 0 Å². The number of aliphatic hydroxyl groups excluding tert-OH is 1. The third-order valence-corrected chi connectivity index (χ3v) is 4.50. The zero-order valence-electron chi connectivity index (χ0n) is 15.2. The summed E-state index contributed by atoms with van der Waals surface area (Å²) in [6.07, 6.45) is 4.08. The molecule has 1 aliphatic rings. The standard InChI is InChI=1S/C19H21FN4O4/c20-16-9-14(23-27)1-2-18(16)28-17-3-6-21-10-13(17)11-22-19(26)12-24-7-4-15(25)5-8-24/h1-3,6,9-10,15,25H,4-5,7-8,11-12H2,(H,22,26). The van der Waals surface area contributed by atoms with Crippen LogP contribution in [-0.2, 0) is 11.3 Å². The Hall–Kier alpha value is -2.91. The van der Waals surface area contributed by atoms with Crippen LogP contribution >= 0.6 is 0 Å². The van der Waals surface area contributed by atoms with Crippen molar-refractivity contribution in [1.29, 1.82) is 0 Å². The molecule has 1 aromatic heterocycles. The quantitative estimate of drug-likeness (QED) is 0.706. The largest absolute Gasteiger partial charge is 0.454 e. The van der Waals surface area contributed by atoms with Gasteiger partial charge in [-0.1, -0.05) is 0 Å². The van der Waals surface area contributed by atoms with Gasteiger partial charge in [-0.2, -0.15) is 0 Å². The molecule has 1 fully saturated rings. The van der Waals surface area contributed by atoms with Crippen molar-refractivity contribution < 1.29 is 19.0 Å². The number of nitrogens with one attached hydrogen (secondary N) is 1. The molecule has 9 heteroatoms. The lowest BCUT2D eigenvalue weighted by atomic mass is 10.1. The Kier molecular flexibility index (Phi) is 6.62.